The lowest BCUT2D eigenvalue weighted by Gasteiger charge is -2.29. The van der Waals surface area contributed by atoms with Gasteiger partial charge in [0.15, 0.2) is 0 Å². The molecule has 2 fully saturated rings. The number of rotatable bonds is 7. The lowest BCUT2D eigenvalue weighted by atomic mass is 9.97. The van der Waals surface area contributed by atoms with Gasteiger partial charge in [0.1, 0.15) is 0 Å². The molecule has 2 heterocycles. The quantitative estimate of drug-likeness (QED) is 0.619. The van der Waals surface area contributed by atoms with Gasteiger partial charge in [-0.05, 0) is 48.6 Å². The molecule has 0 aromatic heterocycles. The Labute approximate surface area is 207 Å². The molecule has 0 spiro atoms. The van der Waals surface area contributed by atoms with Crippen LogP contribution in [0.2, 0.25) is 0 Å². The van der Waals surface area contributed by atoms with Crippen molar-refractivity contribution in [1.29, 1.82) is 0 Å². The predicted molar refractivity (Wildman–Crippen MR) is 141 cm³/mol. The maximum Gasteiger partial charge on any atom is 0.236 e. The highest BCUT2D eigenvalue weighted by atomic mass is 32.2. The number of piperidine rings is 1. The van der Waals surface area contributed by atoms with Crippen LogP contribution in [0.4, 0.5) is 5.69 Å². The zero-order chi connectivity index (χ0) is 24.0. The molecule has 6 nitrogen and oxygen atoms in total. The van der Waals surface area contributed by atoms with Gasteiger partial charge in [-0.25, -0.2) is 8.42 Å². The van der Waals surface area contributed by atoms with Crippen LogP contribution >= 0.6 is 11.8 Å². The Kier molecular flexibility index (Phi) is 8.47. The van der Waals surface area contributed by atoms with E-state index in [1.165, 1.54) is 26.8 Å². The molecular formula is C26H33N3O3S2. The van der Waals surface area contributed by atoms with Crippen LogP contribution in [0.3, 0.4) is 0 Å². The molecule has 2 aliphatic rings. The van der Waals surface area contributed by atoms with Gasteiger partial charge in [-0.1, -0.05) is 42.5 Å². The largest absolute Gasteiger partial charge is 0.326 e. The van der Waals surface area contributed by atoms with Gasteiger partial charge in [0.25, 0.3) is 0 Å². The van der Waals surface area contributed by atoms with Gasteiger partial charge in [-0.15, -0.1) is 0 Å². The summed E-state index contributed by atoms with van der Waals surface area (Å²) in [6, 6.07) is 15.6. The molecule has 182 valence electrons. The topological polar surface area (TPSA) is 69.7 Å². The first-order valence-electron chi connectivity index (χ1n) is 11.8. The van der Waals surface area contributed by atoms with Crippen molar-refractivity contribution < 1.29 is 13.2 Å². The van der Waals surface area contributed by atoms with Crippen molar-refractivity contribution in [2.75, 3.05) is 43.0 Å². The maximum absolute atomic E-state index is 12.9. The minimum atomic E-state index is -3.50. The Morgan fingerprint density at radius 1 is 1.06 bits per heavy atom. The average Bonchev–Trinajstić information content (AvgIpc) is 2.86. The summed E-state index contributed by atoms with van der Waals surface area (Å²) in [5.41, 5.74) is 4.01. The molecule has 0 aliphatic carbocycles. The fraction of sp³-hybridized carbons (Fsp3) is 0.423. The van der Waals surface area contributed by atoms with Gasteiger partial charge < -0.3 is 5.32 Å². The fourth-order valence-corrected chi connectivity index (χ4v) is 6.60. The predicted octanol–water partition coefficient (Wildman–Crippen LogP) is 4.20. The van der Waals surface area contributed by atoms with Crippen molar-refractivity contribution in [2.45, 2.75) is 26.3 Å². The lowest BCUT2D eigenvalue weighted by molar-refractivity contribution is -0.120. The molecule has 2 aromatic rings. The standard InChI is InChI=1S/C26H33N3O3S2/c1-21-19-23(20-28-14-16-33-17-15-28)7-8-25(21)27-26(30)24-9-12-29(13-10-24)34(31,32)18-11-22-5-3-2-4-6-22/h2-8,11,18-19,24H,9-10,12-17,20H2,1H3,(H,27,30)/b18-11+. The minimum Gasteiger partial charge on any atom is -0.326 e. The molecule has 0 radical (unpaired) electrons. The minimum absolute atomic E-state index is 0.0271. The van der Waals surface area contributed by atoms with Crippen LogP contribution in [-0.4, -0.2) is 61.2 Å². The molecule has 1 N–H and O–H groups in total. The number of anilines is 1. The van der Waals surface area contributed by atoms with E-state index in [1.54, 1.807) is 6.08 Å². The maximum atomic E-state index is 12.9. The van der Waals surface area contributed by atoms with Crippen molar-refractivity contribution in [3.05, 3.63) is 70.6 Å². The SMILES string of the molecule is Cc1cc(CN2CCSCC2)ccc1NC(=O)C1CCN(S(=O)(=O)/C=C/c2ccccc2)CC1. The van der Waals surface area contributed by atoms with E-state index in [2.05, 4.69) is 22.3 Å². The average molecular weight is 500 g/mol. The molecule has 2 aliphatic heterocycles. The number of carbonyl (C=O) groups is 1. The summed E-state index contributed by atoms with van der Waals surface area (Å²) in [6.45, 7) is 5.93. The number of nitrogens with zero attached hydrogens (tertiary/aromatic N) is 2. The molecule has 2 aromatic carbocycles. The van der Waals surface area contributed by atoms with Crippen LogP contribution < -0.4 is 5.32 Å². The van der Waals surface area contributed by atoms with Gasteiger partial charge in [0.2, 0.25) is 15.9 Å². The van der Waals surface area contributed by atoms with E-state index in [1.807, 2.05) is 55.1 Å². The summed E-state index contributed by atoms with van der Waals surface area (Å²) in [5.74, 6) is 2.17. The number of amides is 1. The molecule has 2 saturated heterocycles. The van der Waals surface area contributed by atoms with E-state index in [0.717, 1.165) is 36.4 Å². The Morgan fingerprint density at radius 3 is 2.44 bits per heavy atom. The highest BCUT2D eigenvalue weighted by Gasteiger charge is 2.30. The number of benzene rings is 2. The van der Waals surface area contributed by atoms with Gasteiger partial charge in [0, 0.05) is 61.2 Å². The van der Waals surface area contributed by atoms with Crippen LogP contribution in [0.5, 0.6) is 0 Å². The fourth-order valence-electron chi connectivity index (χ4n) is 4.40. The number of aryl methyl sites for hydroxylation is 1. The summed E-state index contributed by atoms with van der Waals surface area (Å²) in [7, 11) is -3.50. The molecule has 0 atom stereocenters. The van der Waals surface area contributed by atoms with Crippen molar-refractivity contribution in [1.82, 2.24) is 9.21 Å². The molecule has 8 heteroatoms. The van der Waals surface area contributed by atoms with Gasteiger partial charge in [0.05, 0.1) is 0 Å². The van der Waals surface area contributed by atoms with Crippen molar-refractivity contribution in [3.8, 4) is 0 Å². The number of carbonyl (C=O) groups excluding carboxylic acids is 1. The molecule has 34 heavy (non-hydrogen) atoms. The van der Waals surface area contributed by atoms with E-state index in [0.29, 0.717) is 25.9 Å². The molecule has 0 saturated carbocycles. The summed E-state index contributed by atoms with van der Waals surface area (Å²) in [4.78, 5) is 15.4. The summed E-state index contributed by atoms with van der Waals surface area (Å²) < 4.78 is 26.8. The molecule has 1 amide bonds. The van der Waals surface area contributed by atoms with Crippen LogP contribution in [0.15, 0.2) is 53.9 Å². The second kappa shape index (κ2) is 11.5. The van der Waals surface area contributed by atoms with Gasteiger partial charge >= 0.3 is 0 Å². The number of thioether (sulfide) groups is 1. The van der Waals surface area contributed by atoms with Crippen LogP contribution in [0, 0.1) is 12.8 Å². The highest BCUT2D eigenvalue weighted by molar-refractivity contribution is 7.99. The lowest BCUT2D eigenvalue weighted by Crippen LogP contribution is -2.40. The van der Waals surface area contributed by atoms with Crippen molar-refractivity contribution in [3.63, 3.8) is 0 Å². The highest BCUT2D eigenvalue weighted by Crippen LogP contribution is 2.24. The first-order chi connectivity index (χ1) is 16.4. The summed E-state index contributed by atoms with van der Waals surface area (Å²) in [5, 5.41) is 4.33. The zero-order valence-electron chi connectivity index (χ0n) is 19.7. The summed E-state index contributed by atoms with van der Waals surface area (Å²) >= 11 is 2.01. The summed E-state index contributed by atoms with van der Waals surface area (Å²) in [6.07, 6.45) is 2.66. The van der Waals surface area contributed by atoms with Crippen LogP contribution in [0.25, 0.3) is 6.08 Å². The van der Waals surface area contributed by atoms with E-state index < -0.39 is 10.0 Å². The second-order valence-electron chi connectivity index (χ2n) is 8.96. The van der Waals surface area contributed by atoms with E-state index >= 15 is 0 Å². The number of nitrogens with one attached hydrogen (secondary N) is 1. The zero-order valence-corrected chi connectivity index (χ0v) is 21.3. The van der Waals surface area contributed by atoms with Gasteiger partial charge in [-0.2, -0.15) is 16.1 Å². The van der Waals surface area contributed by atoms with Crippen LogP contribution in [-0.2, 0) is 21.4 Å². The van der Waals surface area contributed by atoms with Crippen LogP contribution in [0.1, 0.15) is 29.5 Å². The van der Waals surface area contributed by atoms with Crippen molar-refractivity contribution in [2.24, 2.45) is 5.92 Å². The first kappa shape index (κ1) is 25.0. The number of hydrogen-bond donors (Lipinski definition) is 1. The Balaban J connectivity index is 1.29. The number of hydrogen-bond acceptors (Lipinski definition) is 5. The van der Waals surface area contributed by atoms with E-state index in [4.69, 9.17) is 0 Å². The first-order valence-corrected chi connectivity index (χ1v) is 14.5. The smallest absolute Gasteiger partial charge is 0.236 e. The molecule has 4 rings (SSSR count). The van der Waals surface area contributed by atoms with Crippen molar-refractivity contribution >= 4 is 39.5 Å². The Hall–Kier alpha value is -2.13. The molecule has 0 unspecified atom stereocenters. The van der Waals surface area contributed by atoms with E-state index in [9.17, 15) is 13.2 Å². The molecular weight excluding hydrogens is 466 g/mol. The number of sulfonamides is 1. The Morgan fingerprint density at radius 2 is 1.76 bits per heavy atom. The second-order valence-corrected chi connectivity index (χ2v) is 12.0. The Bertz CT molecular complexity index is 1110. The van der Waals surface area contributed by atoms with Gasteiger partial charge in [-0.3, -0.25) is 9.69 Å². The third kappa shape index (κ3) is 6.72. The third-order valence-corrected chi connectivity index (χ3v) is 8.98. The molecule has 0 bridgehead atoms. The normalized spacial score (nSPS) is 18.9. The third-order valence-electron chi connectivity index (χ3n) is 6.48. The monoisotopic (exact) mass is 499 g/mol. The van der Waals surface area contributed by atoms with E-state index in [-0.39, 0.29) is 11.8 Å².